The highest BCUT2D eigenvalue weighted by Gasteiger charge is 2.33. The van der Waals surface area contributed by atoms with E-state index in [1.807, 2.05) is 30.0 Å². The Morgan fingerprint density at radius 2 is 2.20 bits per heavy atom. The molecule has 0 spiro atoms. The number of fused-ring (bicyclic) bond motifs is 1. The zero-order valence-corrected chi connectivity index (χ0v) is 11.2. The highest BCUT2D eigenvalue weighted by molar-refractivity contribution is 5.73. The number of aliphatic carboxylic acids is 1. The second-order valence-electron chi connectivity index (χ2n) is 4.96. The molecule has 1 aromatic carbocycles. The topological polar surface area (TPSA) is 68.2 Å². The molecule has 0 radical (unpaired) electrons. The molecule has 1 fully saturated rings. The van der Waals surface area contributed by atoms with Crippen molar-refractivity contribution in [3.05, 3.63) is 23.8 Å². The summed E-state index contributed by atoms with van der Waals surface area (Å²) in [5, 5.41) is 9.29. The smallest absolute Gasteiger partial charge is 0.323 e. The normalized spacial score (nSPS) is 23.6. The number of hydrogen-bond donors (Lipinski definition) is 1. The largest absolute Gasteiger partial charge is 0.480 e. The summed E-state index contributed by atoms with van der Waals surface area (Å²) in [5.41, 5.74) is 1.02. The van der Waals surface area contributed by atoms with Crippen molar-refractivity contribution < 1.29 is 24.1 Å². The van der Waals surface area contributed by atoms with Gasteiger partial charge in [-0.2, -0.15) is 0 Å². The van der Waals surface area contributed by atoms with Gasteiger partial charge in [-0.25, -0.2) is 0 Å². The van der Waals surface area contributed by atoms with E-state index < -0.39 is 12.0 Å². The molecule has 2 aliphatic heterocycles. The maximum Gasteiger partial charge on any atom is 0.323 e. The number of ether oxygens (including phenoxy) is 3. The lowest BCUT2D eigenvalue weighted by atomic mass is 10.0. The predicted octanol–water partition coefficient (Wildman–Crippen LogP) is 1.26. The van der Waals surface area contributed by atoms with E-state index in [-0.39, 0.29) is 19.4 Å². The number of carbonyl (C=O) groups is 1. The fourth-order valence-corrected chi connectivity index (χ4v) is 2.66. The van der Waals surface area contributed by atoms with Crippen LogP contribution in [0.2, 0.25) is 0 Å². The zero-order chi connectivity index (χ0) is 14.1. The van der Waals surface area contributed by atoms with Crippen LogP contribution in [0.3, 0.4) is 0 Å². The van der Waals surface area contributed by atoms with E-state index in [1.165, 1.54) is 0 Å². The quantitative estimate of drug-likeness (QED) is 0.898. The van der Waals surface area contributed by atoms with Crippen LogP contribution in [0.25, 0.3) is 0 Å². The molecule has 6 heteroatoms. The van der Waals surface area contributed by atoms with Crippen molar-refractivity contribution in [3.63, 3.8) is 0 Å². The SMILES string of the molecule is CC(c1ccc2c(c1)OCO2)N1CCOCC1C(=O)O. The average molecular weight is 279 g/mol. The summed E-state index contributed by atoms with van der Waals surface area (Å²) >= 11 is 0. The van der Waals surface area contributed by atoms with Gasteiger partial charge in [0.05, 0.1) is 13.2 Å². The molecule has 1 saturated heterocycles. The number of hydrogen-bond acceptors (Lipinski definition) is 5. The summed E-state index contributed by atoms with van der Waals surface area (Å²) in [6.45, 7) is 3.62. The second-order valence-corrected chi connectivity index (χ2v) is 4.96. The Labute approximate surface area is 116 Å². The lowest BCUT2D eigenvalue weighted by molar-refractivity contribution is -0.151. The van der Waals surface area contributed by atoms with Gasteiger partial charge in [0.15, 0.2) is 11.5 Å². The predicted molar refractivity (Wildman–Crippen MR) is 69.9 cm³/mol. The van der Waals surface area contributed by atoms with Crippen LogP contribution in [0.1, 0.15) is 18.5 Å². The third-order valence-corrected chi connectivity index (χ3v) is 3.83. The van der Waals surface area contributed by atoms with Gasteiger partial charge in [-0.1, -0.05) is 6.07 Å². The first-order valence-electron chi connectivity index (χ1n) is 6.62. The van der Waals surface area contributed by atoms with Crippen LogP contribution in [-0.2, 0) is 9.53 Å². The van der Waals surface area contributed by atoms with Gasteiger partial charge in [0.1, 0.15) is 6.04 Å². The molecule has 0 aromatic heterocycles. The number of morpholine rings is 1. The Morgan fingerprint density at radius 1 is 1.40 bits per heavy atom. The van der Waals surface area contributed by atoms with Crippen LogP contribution >= 0.6 is 0 Å². The first-order chi connectivity index (χ1) is 9.66. The minimum absolute atomic E-state index is 0.0190. The molecule has 0 bridgehead atoms. The number of benzene rings is 1. The van der Waals surface area contributed by atoms with Crippen LogP contribution in [0, 0.1) is 0 Å². The van der Waals surface area contributed by atoms with Crippen molar-refractivity contribution in [2.24, 2.45) is 0 Å². The lowest BCUT2D eigenvalue weighted by Crippen LogP contribution is -2.50. The summed E-state index contributed by atoms with van der Waals surface area (Å²) in [6, 6.07) is 5.11. The zero-order valence-electron chi connectivity index (χ0n) is 11.2. The van der Waals surface area contributed by atoms with E-state index in [0.29, 0.717) is 13.2 Å². The van der Waals surface area contributed by atoms with Crippen LogP contribution in [0.5, 0.6) is 11.5 Å². The first-order valence-corrected chi connectivity index (χ1v) is 6.62. The molecule has 0 amide bonds. The molecule has 0 saturated carbocycles. The van der Waals surface area contributed by atoms with Crippen LogP contribution in [0.15, 0.2) is 18.2 Å². The maximum absolute atomic E-state index is 11.3. The molecule has 20 heavy (non-hydrogen) atoms. The van der Waals surface area contributed by atoms with E-state index in [4.69, 9.17) is 14.2 Å². The molecule has 108 valence electrons. The van der Waals surface area contributed by atoms with Gasteiger partial charge in [0.25, 0.3) is 0 Å². The number of carboxylic acids is 1. The number of carboxylic acid groups (broad SMARTS) is 1. The fraction of sp³-hybridized carbons (Fsp3) is 0.500. The summed E-state index contributed by atoms with van der Waals surface area (Å²) in [6.07, 6.45) is 0. The number of rotatable bonds is 3. The molecule has 3 rings (SSSR count). The molecular weight excluding hydrogens is 262 g/mol. The van der Waals surface area contributed by atoms with Crippen molar-refractivity contribution in [2.45, 2.75) is 19.0 Å². The van der Waals surface area contributed by atoms with Gasteiger partial charge in [-0.05, 0) is 24.6 Å². The van der Waals surface area contributed by atoms with Crippen molar-refractivity contribution >= 4 is 5.97 Å². The Hall–Kier alpha value is -1.79. The second kappa shape index (κ2) is 5.30. The van der Waals surface area contributed by atoms with E-state index in [2.05, 4.69) is 0 Å². The van der Waals surface area contributed by atoms with Crippen molar-refractivity contribution in [1.29, 1.82) is 0 Å². The van der Waals surface area contributed by atoms with E-state index in [1.54, 1.807) is 0 Å². The molecule has 0 aliphatic carbocycles. The Bertz CT molecular complexity index is 518. The van der Waals surface area contributed by atoms with E-state index >= 15 is 0 Å². The molecule has 2 aliphatic rings. The van der Waals surface area contributed by atoms with Crippen LogP contribution < -0.4 is 9.47 Å². The van der Waals surface area contributed by atoms with Crippen molar-refractivity contribution in [2.75, 3.05) is 26.6 Å². The fourth-order valence-electron chi connectivity index (χ4n) is 2.66. The van der Waals surface area contributed by atoms with Crippen LogP contribution in [0.4, 0.5) is 0 Å². The van der Waals surface area contributed by atoms with Crippen molar-refractivity contribution in [1.82, 2.24) is 4.90 Å². The Kier molecular flexibility index (Phi) is 3.50. The summed E-state index contributed by atoms with van der Waals surface area (Å²) < 4.78 is 15.9. The summed E-state index contributed by atoms with van der Waals surface area (Å²) in [4.78, 5) is 13.3. The molecule has 2 atom stereocenters. The molecule has 1 N–H and O–H groups in total. The third kappa shape index (κ3) is 2.32. The monoisotopic (exact) mass is 279 g/mol. The Morgan fingerprint density at radius 3 is 3.00 bits per heavy atom. The highest BCUT2D eigenvalue weighted by Crippen LogP contribution is 2.36. The number of nitrogens with zero attached hydrogens (tertiary/aromatic N) is 1. The van der Waals surface area contributed by atoms with Gasteiger partial charge in [-0.15, -0.1) is 0 Å². The summed E-state index contributed by atoms with van der Waals surface area (Å²) in [5.74, 6) is 0.601. The molecule has 2 heterocycles. The molecular formula is C14H17NO5. The van der Waals surface area contributed by atoms with E-state index in [9.17, 15) is 9.90 Å². The standard InChI is InChI=1S/C14H17NO5/c1-9(15-4-5-18-7-11(15)14(16)17)10-2-3-12-13(6-10)20-8-19-12/h2-3,6,9,11H,4-5,7-8H2,1H3,(H,16,17). The molecule has 2 unspecified atom stereocenters. The van der Waals surface area contributed by atoms with Gasteiger partial charge in [0.2, 0.25) is 6.79 Å². The van der Waals surface area contributed by atoms with Gasteiger partial charge in [-0.3, -0.25) is 9.69 Å². The van der Waals surface area contributed by atoms with Gasteiger partial charge in [0, 0.05) is 12.6 Å². The molecule has 1 aromatic rings. The van der Waals surface area contributed by atoms with Gasteiger partial charge >= 0.3 is 5.97 Å². The van der Waals surface area contributed by atoms with E-state index in [0.717, 1.165) is 17.1 Å². The van der Waals surface area contributed by atoms with Crippen LogP contribution in [-0.4, -0.2) is 48.6 Å². The highest BCUT2D eigenvalue weighted by atomic mass is 16.7. The maximum atomic E-state index is 11.3. The average Bonchev–Trinajstić information content (AvgIpc) is 2.93. The first kappa shape index (κ1) is 13.2. The van der Waals surface area contributed by atoms with Crippen molar-refractivity contribution in [3.8, 4) is 11.5 Å². The molecule has 6 nitrogen and oxygen atoms in total. The minimum atomic E-state index is -0.850. The van der Waals surface area contributed by atoms with Gasteiger partial charge < -0.3 is 19.3 Å². The minimum Gasteiger partial charge on any atom is -0.480 e. The summed E-state index contributed by atoms with van der Waals surface area (Å²) in [7, 11) is 0. The Balaban J connectivity index is 1.83. The lowest BCUT2D eigenvalue weighted by Gasteiger charge is -2.37. The third-order valence-electron chi connectivity index (χ3n) is 3.83.